The van der Waals surface area contributed by atoms with Crippen LogP contribution in [0, 0.1) is 10.8 Å². The summed E-state index contributed by atoms with van der Waals surface area (Å²) in [6, 6.07) is -0.162. The van der Waals surface area contributed by atoms with Crippen LogP contribution in [-0.2, 0) is 14.3 Å². The lowest BCUT2D eigenvalue weighted by molar-refractivity contribution is -0.139. The number of nitrogens with zero attached hydrogens (tertiary/aromatic N) is 1. The van der Waals surface area contributed by atoms with Gasteiger partial charge in [-0.1, -0.05) is 27.4 Å². The fourth-order valence-corrected chi connectivity index (χ4v) is 4.51. The van der Waals surface area contributed by atoms with E-state index in [1.165, 1.54) is 0 Å². The Kier molecular flexibility index (Phi) is 8.30. The maximum absolute atomic E-state index is 13.1. The van der Waals surface area contributed by atoms with Crippen LogP contribution in [0.25, 0.3) is 0 Å². The SMILES string of the molecule is C=C(C)C(=O)OCCN(C(=O)NC1CC(C)(C)CC(C)(CNC=O)C1)C(C)(C)C. The summed E-state index contributed by atoms with van der Waals surface area (Å²) in [6.45, 7) is 18.6. The summed E-state index contributed by atoms with van der Waals surface area (Å²) in [5.41, 5.74) is -0.111. The Hall–Kier alpha value is -2.05. The van der Waals surface area contributed by atoms with E-state index in [4.69, 9.17) is 4.74 Å². The molecule has 3 amide bonds. The molecule has 0 radical (unpaired) electrons. The van der Waals surface area contributed by atoms with Crippen molar-refractivity contribution >= 4 is 18.4 Å². The molecule has 7 nitrogen and oxygen atoms in total. The number of hydrogen-bond donors (Lipinski definition) is 2. The van der Waals surface area contributed by atoms with Gasteiger partial charge in [0.2, 0.25) is 6.41 Å². The number of urea groups is 1. The van der Waals surface area contributed by atoms with Crippen molar-refractivity contribution in [2.75, 3.05) is 19.7 Å². The highest BCUT2D eigenvalue weighted by molar-refractivity contribution is 5.86. The molecule has 1 saturated carbocycles. The van der Waals surface area contributed by atoms with E-state index >= 15 is 0 Å². The molecule has 166 valence electrons. The fourth-order valence-electron chi connectivity index (χ4n) is 4.51. The number of carbonyl (C=O) groups is 3. The summed E-state index contributed by atoms with van der Waals surface area (Å²) < 4.78 is 5.18. The molecular weight excluding hydrogens is 370 g/mol. The normalized spacial score (nSPS) is 23.6. The highest BCUT2D eigenvalue weighted by Gasteiger charge is 2.42. The topological polar surface area (TPSA) is 87.7 Å². The third-order valence-electron chi connectivity index (χ3n) is 5.33. The van der Waals surface area contributed by atoms with E-state index in [1.54, 1.807) is 11.8 Å². The summed E-state index contributed by atoms with van der Waals surface area (Å²) in [5, 5.41) is 5.99. The summed E-state index contributed by atoms with van der Waals surface area (Å²) in [6.07, 6.45) is 3.38. The van der Waals surface area contributed by atoms with Crippen molar-refractivity contribution in [3.8, 4) is 0 Å². The number of nitrogens with one attached hydrogen (secondary N) is 2. The van der Waals surface area contributed by atoms with Crippen molar-refractivity contribution in [3.63, 3.8) is 0 Å². The average molecular weight is 410 g/mol. The van der Waals surface area contributed by atoms with Gasteiger partial charge in [-0.05, 0) is 57.8 Å². The van der Waals surface area contributed by atoms with Crippen LogP contribution >= 0.6 is 0 Å². The predicted octanol–water partition coefficient (Wildman–Crippen LogP) is 3.25. The van der Waals surface area contributed by atoms with Gasteiger partial charge >= 0.3 is 12.0 Å². The first kappa shape index (κ1) is 25.0. The van der Waals surface area contributed by atoms with E-state index in [1.807, 2.05) is 20.8 Å². The molecular formula is C22H39N3O4. The van der Waals surface area contributed by atoms with Crippen LogP contribution in [0.5, 0.6) is 0 Å². The molecule has 1 aliphatic carbocycles. The van der Waals surface area contributed by atoms with Gasteiger partial charge < -0.3 is 20.3 Å². The van der Waals surface area contributed by atoms with Crippen molar-refractivity contribution in [3.05, 3.63) is 12.2 Å². The molecule has 0 aromatic rings. The number of hydrogen-bond acceptors (Lipinski definition) is 4. The van der Waals surface area contributed by atoms with Gasteiger partial charge in [0.1, 0.15) is 6.61 Å². The van der Waals surface area contributed by atoms with Crippen molar-refractivity contribution in [2.45, 2.75) is 79.3 Å². The second-order valence-electron chi connectivity index (χ2n) is 10.4. The first-order chi connectivity index (χ1) is 13.2. The van der Waals surface area contributed by atoms with Crippen molar-refractivity contribution in [2.24, 2.45) is 10.8 Å². The van der Waals surface area contributed by atoms with E-state index in [2.05, 4.69) is 38.0 Å². The molecule has 1 rings (SSSR count). The van der Waals surface area contributed by atoms with E-state index in [0.29, 0.717) is 18.7 Å². The van der Waals surface area contributed by atoms with Crippen LogP contribution in [-0.4, -0.2) is 54.6 Å². The lowest BCUT2D eigenvalue weighted by atomic mass is 9.62. The second-order valence-corrected chi connectivity index (χ2v) is 10.4. The summed E-state index contributed by atoms with van der Waals surface area (Å²) in [5.74, 6) is -0.452. The lowest BCUT2D eigenvalue weighted by Crippen LogP contribution is -2.56. The fraction of sp³-hybridized carbons (Fsp3) is 0.773. The molecule has 0 aromatic heterocycles. The van der Waals surface area contributed by atoms with Crippen molar-refractivity contribution in [1.82, 2.24) is 15.5 Å². The van der Waals surface area contributed by atoms with Gasteiger partial charge in [0.05, 0.1) is 6.54 Å². The minimum Gasteiger partial charge on any atom is -0.460 e. The number of amides is 3. The van der Waals surface area contributed by atoms with Gasteiger partial charge in [-0.25, -0.2) is 9.59 Å². The van der Waals surface area contributed by atoms with E-state index in [9.17, 15) is 14.4 Å². The van der Waals surface area contributed by atoms with E-state index in [-0.39, 0.29) is 29.5 Å². The summed E-state index contributed by atoms with van der Waals surface area (Å²) in [7, 11) is 0. The maximum atomic E-state index is 13.1. The van der Waals surface area contributed by atoms with Crippen LogP contribution in [0.2, 0.25) is 0 Å². The predicted molar refractivity (Wildman–Crippen MR) is 114 cm³/mol. The smallest absolute Gasteiger partial charge is 0.333 e. The Morgan fingerprint density at radius 3 is 2.38 bits per heavy atom. The Labute approximate surface area is 175 Å². The molecule has 0 bridgehead atoms. The number of esters is 1. The number of ether oxygens (including phenoxy) is 1. The maximum Gasteiger partial charge on any atom is 0.333 e. The van der Waals surface area contributed by atoms with E-state index < -0.39 is 11.5 Å². The minimum atomic E-state index is -0.452. The summed E-state index contributed by atoms with van der Waals surface area (Å²) in [4.78, 5) is 37.2. The molecule has 0 spiro atoms. The Balaban J connectivity index is 2.82. The van der Waals surface area contributed by atoms with E-state index in [0.717, 1.165) is 25.7 Å². The Morgan fingerprint density at radius 2 is 1.86 bits per heavy atom. The van der Waals surface area contributed by atoms with Crippen molar-refractivity contribution < 1.29 is 19.1 Å². The highest BCUT2D eigenvalue weighted by Crippen LogP contribution is 2.45. The van der Waals surface area contributed by atoms with Crippen LogP contribution in [0.1, 0.15) is 67.7 Å². The molecule has 0 heterocycles. The molecule has 29 heavy (non-hydrogen) atoms. The largest absolute Gasteiger partial charge is 0.460 e. The zero-order valence-electron chi connectivity index (χ0n) is 19.2. The third kappa shape index (κ3) is 8.07. The molecule has 2 unspecified atom stereocenters. The molecule has 1 fully saturated rings. The standard InChI is InChI=1S/C22H39N3O4/c1-16(2)18(27)29-10-9-25(20(3,4)5)19(28)24-17-11-21(6,7)13-22(8,12-17)14-23-15-26/h15,17H,1,9-14H2,2-8H3,(H,23,26)(H,24,28). The number of rotatable bonds is 8. The Morgan fingerprint density at radius 1 is 1.24 bits per heavy atom. The average Bonchev–Trinajstić information content (AvgIpc) is 2.53. The second kappa shape index (κ2) is 9.63. The van der Waals surface area contributed by atoms with Gasteiger partial charge in [0, 0.05) is 23.7 Å². The molecule has 0 aromatic carbocycles. The van der Waals surface area contributed by atoms with Gasteiger partial charge in [-0.15, -0.1) is 0 Å². The molecule has 7 heteroatoms. The summed E-state index contributed by atoms with van der Waals surface area (Å²) >= 11 is 0. The Bertz CT molecular complexity index is 624. The van der Waals surface area contributed by atoms with Crippen LogP contribution in [0.15, 0.2) is 12.2 Å². The van der Waals surface area contributed by atoms with Crippen LogP contribution < -0.4 is 10.6 Å². The molecule has 2 atom stereocenters. The quantitative estimate of drug-likeness (QED) is 0.366. The van der Waals surface area contributed by atoms with Gasteiger partial charge in [-0.3, -0.25) is 4.79 Å². The lowest BCUT2D eigenvalue weighted by Gasteiger charge is -2.47. The van der Waals surface area contributed by atoms with Crippen LogP contribution in [0.3, 0.4) is 0 Å². The van der Waals surface area contributed by atoms with Gasteiger partial charge in [0.15, 0.2) is 0 Å². The number of carbonyl (C=O) groups excluding carboxylic acids is 3. The molecule has 1 aliphatic rings. The van der Waals surface area contributed by atoms with Gasteiger partial charge in [-0.2, -0.15) is 0 Å². The first-order valence-electron chi connectivity index (χ1n) is 10.3. The van der Waals surface area contributed by atoms with Crippen molar-refractivity contribution in [1.29, 1.82) is 0 Å². The minimum absolute atomic E-state index is 0.00696. The van der Waals surface area contributed by atoms with Crippen LogP contribution in [0.4, 0.5) is 4.79 Å². The molecule has 2 N–H and O–H groups in total. The molecule has 0 aliphatic heterocycles. The first-order valence-corrected chi connectivity index (χ1v) is 10.3. The third-order valence-corrected chi connectivity index (χ3v) is 5.33. The zero-order valence-corrected chi connectivity index (χ0v) is 19.2. The molecule has 0 saturated heterocycles. The highest BCUT2D eigenvalue weighted by atomic mass is 16.5. The zero-order chi connectivity index (χ0) is 22.5. The monoisotopic (exact) mass is 409 g/mol. The van der Waals surface area contributed by atoms with Gasteiger partial charge in [0.25, 0.3) is 0 Å².